The number of carbonyl (C=O) groups excluding carboxylic acids is 1. The third-order valence-corrected chi connectivity index (χ3v) is 4.80. The average Bonchev–Trinajstić information content (AvgIpc) is 2.54. The molecule has 6 heteroatoms. The molecule has 27 heavy (non-hydrogen) atoms. The summed E-state index contributed by atoms with van der Waals surface area (Å²) in [6.07, 6.45) is -0.260. The van der Waals surface area contributed by atoms with E-state index in [4.69, 9.17) is 27.9 Å². The Bertz CT molecular complexity index is 734. The van der Waals surface area contributed by atoms with Gasteiger partial charge in [0.25, 0.3) is 0 Å². The molecule has 2 aromatic rings. The maximum atomic E-state index is 12.2. The molecule has 0 bridgehead atoms. The van der Waals surface area contributed by atoms with Gasteiger partial charge < -0.3 is 15.0 Å². The lowest BCUT2D eigenvalue weighted by molar-refractivity contribution is -0.0651. The summed E-state index contributed by atoms with van der Waals surface area (Å²) in [5.41, 5.74) is 1.77. The Morgan fingerprint density at radius 1 is 1.00 bits per heavy atom. The number of amides is 2. The molecule has 1 aliphatic rings. The van der Waals surface area contributed by atoms with E-state index >= 15 is 0 Å². The first kappa shape index (κ1) is 20.0. The summed E-state index contributed by atoms with van der Waals surface area (Å²) < 4.78 is 6.34. The molecular weight excluding hydrogens is 383 g/mol. The second-order valence-corrected chi connectivity index (χ2v) is 8.70. The van der Waals surface area contributed by atoms with Crippen LogP contribution in [-0.2, 0) is 4.74 Å². The lowest BCUT2D eigenvalue weighted by atomic mass is 10.0. The van der Waals surface area contributed by atoms with Crippen LogP contribution in [0.3, 0.4) is 0 Å². The fraction of sp³-hybridized carbons (Fsp3) is 0.381. The van der Waals surface area contributed by atoms with Crippen molar-refractivity contribution in [3.8, 4) is 0 Å². The summed E-state index contributed by atoms with van der Waals surface area (Å²) >= 11 is 12.0. The number of likely N-dealkylation sites (tertiary alicyclic amines) is 1. The Morgan fingerprint density at radius 3 is 1.85 bits per heavy atom. The normalized spacial score (nSPS) is 15.0. The number of nitrogens with one attached hydrogen (secondary N) is 1. The molecule has 144 valence electrons. The van der Waals surface area contributed by atoms with Gasteiger partial charge in [0.05, 0.1) is 19.2 Å². The lowest BCUT2D eigenvalue weighted by Gasteiger charge is -2.41. The Hall–Kier alpha value is -1.75. The van der Waals surface area contributed by atoms with E-state index in [0.717, 1.165) is 11.1 Å². The Labute approximate surface area is 170 Å². The number of hydrogen-bond donors (Lipinski definition) is 1. The summed E-state index contributed by atoms with van der Waals surface area (Å²) in [5, 5.41) is 4.34. The van der Waals surface area contributed by atoms with Gasteiger partial charge in [0.1, 0.15) is 6.10 Å². The number of halogens is 2. The number of ether oxygens (including phenoxy) is 1. The van der Waals surface area contributed by atoms with Crippen LogP contribution in [0.5, 0.6) is 0 Å². The van der Waals surface area contributed by atoms with E-state index in [0.29, 0.717) is 23.1 Å². The zero-order valence-electron chi connectivity index (χ0n) is 15.7. The fourth-order valence-corrected chi connectivity index (χ4v) is 3.16. The van der Waals surface area contributed by atoms with Gasteiger partial charge in [0.2, 0.25) is 0 Å². The van der Waals surface area contributed by atoms with E-state index in [1.807, 2.05) is 69.3 Å². The molecule has 1 heterocycles. The largest absolute Gasteiger partial charge is 0.362 e. The Balaban J connectivity index is 1.69. The second-order valence-electron chi connectivity index (χ2n) is 7.83. The summed E-state index contributed by atoms with van der Waals surface area (Å²) in [7, 11) is 0. The van der Waals surface area contributed by atoms with Gasteiger partial charge in [-0.1, -0.05) is 47.5 Å². The molecule has 0 spiro atoms. The maximum absolute atomic E-state index is 12.2. The first-order valence-corrected chi connectivity index (χ1v) is 9.70. The third kappa shape index (κ3) is 5.38. The molecule has 3 rings (SSSR count). The topological polar surface area (TPSA) is 41.6 Å². The van der Waals surface area contributed by atoms with Gasteiger partial charge in [0.15, 0.2) is 0 Å². The van der Waals surface area contributed by atoms with Crippen LogP contribution in [0.4, 0.5) is 4.79 Å². The molecule has 1 aliphatic heterocycles. The molecule has 1 saturated heterocycles. The maximum Gasteiger partial charge on any atom is 0.317 e. The fourth-order valence-electron chi connectivity index (χ4n) is 2.91. The first-order chi connectivity index (χ1) is 12.7. The smallest absolute Gasteiger partial charge is 0.317 e. The Morgan fingerprint density at radius 2 is 1.44 bits per heavy atom. The molecule has 0 aromatic heterocycles. The SMILES string of the molecule is CC(C)(C)NC(=O)N1CC(OC(c2ccc(Cl)cc2)c2ccc(Cl)cc2)C1. The van der Waals surface area contributed by atoms with Gasteiger partial charge in [-0.05, 0) is 56.2 Å². The molecule has 2 amide bonds. The van der Waals surface area contributed by atoms with E-state index in [1.165, 1.54) is 0 Å². The van der Waals surface area contributed by atoms with Crippen LogP contribution in [0.15, 0.2) is 48.5 Å². The van der Waals surface area contributed by atoms with Gasteiger partial charge in [-0.25, -0.2) is 4.79 Å². The molecule has 2 aromatic carbocycles. The molecule has 0 radical (unpaired) electrons. The molecule has 1 N–H and O–H groups in total. The van der Waals surface area contributed by atoms with Crippen molar-refractivity contribution < 1.29 is 9.53 Å². The number of carbonyl (C=O) groups is 1. The van der Waals surface area contributed by atoms with Crippen molar-refractivity contribution in [3.63, 3.8) is 0 Å². The predicted octanol–water partition coefficient (Wildman–Crippen LogP) is 5.29. The lowest BCUT2D eigenvalue weighted by Crippen LogP contribution is -2.60. The van der Waals surface area contributed by atoms with Crippen LogP contribution in [0.1, 0.15) is 38.0 Å². The predicted molar refractivity (Wildman–Crippen MR) is 109 cm³/mol. The van der Waals surface area contributed by atoms with Gasteiger partial charge in [-0.3, -0.25) is 0 Å². The first-order valence-electron chi connectivity index (χ1n) is 8.95. The van der Waals surface area contributed by atoms with Crippen LogP contribution in [0, 0.1) is 0 Å². The minimum Gasteiger partial charge on any atom is -0.362 e. The molecule has 0 aliphatic carbocycles. The molecular formula is C21H24Cl2N2O2. The van der Waals surface area contributed by atoms with Crippen LogP contribution in [0.25, 0.3) is 0 Å². The quantitative estimate of drug-likeness (QED) is 0.748. The van der Waals surface area contributed by atoms with Crippen molar-refractivity contribution in [1.29, 1.82) is 0 Å². The van der Waals surface area contributed by atoms with Gasteiger partial charge >= 0.3 is 6.03 Å². The molecule has 0 unspecified atom stereocenters. The number of rotatable bonds is 4. The van der Waals surface area contributed by atoms with Crippen LogP contribution in [0.2, 0.25) is 10.0 Å². The average molecular weight is 407 g/mol. The summed E-state index contributed by atoms with van der Waals surface area (Å²) in [6, 6.07) is 15.2. The van der Waals surface area contributed by atoms with Gasteiger partial charge in [-0.15, -0.1) is 0 Å². The molecule has 0 saturated carbocycles. The highest BCUT2D eigenvalue weighted by atomic mass is 35.5. The monoisotopic (exact) mass is 406 g/mol. The van der Waals surface area contributed by atoms with E-state index < -0.39 is 0 Å². The zero-order chi connectivity index (χ0) is 19.6. The second kappa shape index (κ2) is 8.09. The van der Waals surface area contributed by atoms with E-state index in [9.17, 15) is 4.79 Å². The molecule has 1 fully saturated rings. The van der Waals surface area contributed by atoms with Crippen molar-refractivity contribution in [2.24, 2.45) is 0 Å². The standard InChI is InChI=1S/C21H24Cl2N2O2/c1-21(2,3)24-20(26)25-12-18(13-25)27-19(14-4-8-16(22)9-5-14)15-6-10-17(23)11-7-15/h4-11,18-19H,12-13H2,1-3H3,(H,24,26). The molecule has 0 atom stereocenters. The minimum atomic E-state index is -0.252. The summed E-state index contributed by atoms with van der Waals surface area (Å²) in [5.74, 6) is 0. The zero-order valence-corrected chi connectivity index (χ0v) is 17.2. The van der Waals surface area contributed by atoms with Crippen molar-refractivity contribution in [3.05, 3.63) is 69.7 Å². The highest BCUT2D eigenvalue weighted by molar-refractivity contribution is 6.30. The van der Waals surface area contributed by atoms with Crippen LogP contribution in [-0.4, -0.2) is 35.7 Å². The van der Waals surface area contributed by atoms with Crippen LogP contribution >= 0.6 is 23.2 Å². The Kier molecular flexibility index (Phi) is 5.99. The van der Waals surface area contributed by atoms with Crippen molar-refractivity contribution >= 4 is 29.2 Å². The highest BCUT2D eigenvalue weighted by Gasteiger charge is 2.35. The summed E-state index contributed by atoms with van der Waals surface area (Å²) in [4.78, 5) is 14.0. The van der Waals surface area contributed by atoms with Crippen LogP contribution < -0.4 is 5.32 Å². The number of urea groups is 1. The van der Waals surface area contributed by atoms with Gasteiger partial charge in [-0.2, -0.15) is 0 Å². The van der Waals surface area contributed by atoms with E-state index in [-0.39, 0.29) is 23.8 Å². The van der Waals surface area contributed by atoms with Gasteiger partial charge in [0, 0.05) is 15.6 Å². The van der Waals surface area contributed by atoms with Crippen molar-refractivity contribution in [1.82, 2.24) is 10.2 Å². The number of benzene rings is 2. The number of nitrogens with zero attached hydrogens (tertiary/aromatic N) is 1. The highest BCUT2D eigenvalue weighted by Crippen LogP contribution is 2.31. The van der Waals surface area contributed by atoms with Crippen molar-refractivity contribution in [2.75, 3.05) is 13.1 Å². The van der Waals surface area contributed by atoms with E-state index in [1.54, 1.807) is 4.90 Å². The van der Waals surface area contributed by atoms with E-state index in [2.05, 4.69) is 5.32 Å². The molecule has 4 nitrogen and oxygen atoms in total. The minimum absolute atomic E-state index is 0.0212. The third-order valence-electron chi connectivity index (χ3n) is 4.29. The summed E-state index contributed by atoms with van der Waals surface area (Å²) in [6.45, 7) is 7.04. The van der Waals surface area contributed by atoms with Crippen molar-refractivity contribution in [2.45, 2.75) is 38.5 Å². The number of hydrogen-bond acceptors (Lipinski definition) is 2.